The number of anilines is 2. The molecule has 2 aromatic carbocycles. The second-order valence-electron chi connectivity index (χ2n) is 8.67. The molecule has 2 aromatic heterocycles. The first kappa shape index (κ1) is 27.9. The molecule has 0 aliphatic carbocycles. The predicted molar refractivity (Wildman–Crippen MR) is 151 cm³/mol. The number of hydrogen-bond acceptors (Lipinski definition) is 8. The van der Waals surface area contributed by atoms with Crippen LogP contribution < -0.4 is 15.4 Å². The van der Waals surface area contributed by atoms with E-state index in [0.717, 1.165) is 28.1 Å². The van der Waals surface area contributed by atoms with Crippen molar-refractivity contribution in [2.45, 2.75) is 25.7 Å². The van der Waals surface area contributed by atoms with E-state index in [2.05, 4.69) is 15.6 Å². The molecule has 2 N–H and O–H groups in total. The van der Waals surface area contributed by atoms with Crippen LogP contribution in [0.25, 0.3) is 16.1 Å². The Bertz CT molecular complexity index is 1640. The first-order chi connectivity index (χ1) is 18.5. The minimum atomic E-state index is -3.36. The number of thiophene rings is 1. The summed E-state index contributed by atoms with van der Waals surface area (Å²) in [5.74, 6) is 0.0583. The number of hydrogen-bond donors (Lipinski definition) is 2. The highest BCUT2D eigenvalue weighted by atomic mass is 32.2. The Morgan fingerprint density at radius 3 is 2.38 bits per heavy atom. The third-order valence-electron chi connectivity index (χ3n) is 5.83. The maximum Gasteiger partial charge on any atom is 0.341 e. The van der Waals surface area contributed by atoms with Gasteiger partial charge in [0.25, 0.3) is 0 Å². The number of benzene rings is 2. The van der Waals surface area contributed by atoms with Gasteiger partial charge in [-0.2, -0.15) is 0 Å². The molecule has 39 heavy (non-hydrogen) atoms. The Labute approximate surface area is 230 Å². The lowest BCUT2D eigenvalue weighted by atomic mass is 10.1. The third kappa shape index (κ3) is 6.13. The zero-order valence-corrected chi connectivity index (χ0v) is 23.7. The van der Waals surface area contributed by atoms with E-state index in [9.17, 15) is 18.0 Å². The molecule has 10 nitrogen and oxygen atoms in total. The van der Waals surface area contributed by atoms with Gasteiger partial charge in [-0.05, 0) is 68.3 Å². The Morgan fingerprint density at radius 1 is 1.08 bits per heavy atom. The van der Waals surface area contributed by atoms with E-state index in [1.165, 1.54) is 35.6 Å². The van der Waals surface area contributed by atoms with Gasteiger partial charge in [-0.3, -0.25) is 5.32 Å². The first-order valence-electron chi connectivity index (χ1n) is 11.9. The van der Waals surface area contributed by atoms with E-state index < -0.39 is 21.8 Å². The van der Waals surface area contributed by atoms with Gasteiger partial charge in [0.1, 0.15) is 10.8 Å². The zero-order chi connectivity index (χ0) is 28.3. The molecule has 0 aliphatic heterocycles. The molecule has 0 spiro atoms. The monoisotopic (exact) mass is 568 g/mol. The van der Waals surface area contributed by atoms with Crippen LogP contribution in [0.1, 0.15) is 28.5 Å². The second kappa shape index (κ2) is 11.3. The lowest BCUT2D eigenvalue weighted by molar-refractivity contribution is 0.0527. The van der Waals surface area contributed by atoms with E-state index in [-0.39, 0.29) is 17.1 Å². The van der Waals surface area contributed by atoms with Gasteiger partial charge in [-0.25, -0.2) is 23.0 Å². The van der Waals surface area contributed by atoms with Gasteiger partial charge in [-0.1, -0.05) is 6.07 Å². The number of urea groups is 1. The van der Waals surface area contributed by atoms with Crippen molar-refractivity contribution in [3.63, 3.8) is 0 Å². The third-order valence-corrected chi connectivity index (χ3v) is 8.21. The summed E-state index contributed by atoms with van der Waals surface area (Å²) in [5.41, 5.74) is 3.77. The van der Waals surface area contributed by atoms with E-state index in [0.29, 0.717) is 22.0 Å². The van der Waals surface area contributed by atoms with Crippen LogP contribution in [0, 0.1) is 13.8 Å². The predicted octanol–water partition coefficient (Wildman–Crippen LogP) is 5.45. The molecule has 2 heterocycles. The Balaban J connectivity index is 1.66. The summed E-state index contributed by atoms with van der Waals surface area (Å²) in [4.78, 5) is 30.9. The standard InChI is InChI=1S/C27H28N4O6S2/c1-6-37-26(32)23-17(3)24(18-7-12-21(22(13-18)36-4)31-14-16(2)28-15-31)38-25(23)30-27(33)29-19-8-10-20(11-9-19)39(5,34)35/h7-15H,6H2,1-5H3,(H2,29,30,33). The SMILES string of the molecule is CCOC(=O)c1c(NC(=O)Nc2ccc(S(C)(=O)=O)cc2)sc(-c2ccc(-n3cnc(C)c3)c(OC)c2)c1C. The molecular weight excluding hydrogens is 540 g/mol. The van der Waals surface area contributed by atoms with Crippen LogP contribution in [-0.4, -0.2) is 49.9 Å². The molecule has 0 fully saturated rings. The van der Waals surface area contributed by atoms with E-state index >= 15 is 0 Å². The smallest absolute Gasteiger partial charge is 0.341 e. The van der Waals surface area contributed by atoms with Gasteiger partial charge in [0.2, 0.25) is 0 Å². The van der Waals surface area contributed by atoms with Gasteiger partial charge >= 0.3 is 12.0 Å². The molecule has 0 radical (unpaired) electrons. The average molecular weight is 569 g/mol. The molecule has 2 amide bonds. The number of esters is 1. The number of methoxy groups -OCH3 is 1. The second-order valence-corrected chi connectivity index (χ2v) is 11.7. The molecule has 0 aliphatic rings. The van der Waals surface area contributed by atoms with Crippen LogP contribution in [0.15, 0.2) is 59.9 Å². The minimum absolute atomic E-state index is 0.140. The fraction of sp³-hybridized carbons (Fsp3) is 0.222. The number of nitrogens with zero attached hydrogens (tertiary/aromatic N) is 2. The van der Waals surface area contributed by atoms with Crippen LogP contribution in [0.3, 0.4) is 0 Å². The fourth-order valence-corrected chi connectivity index (χ4v) is 5.78. The number of amides is 2. The van der Waals surface area contributed by atoms with E-state index in [4.69, 9.17) is 9.47 Å². The number of sulfone groups is 1. The van der Waals surface area contributed by atoms with Crippen molar-refractivity contribution in [2.75, 3.05) is 30.6 Å². The molecule has 0 saturated heterocycles. The number of imidazole rings is 1. The summed E-state index contributed by atoms with van der Waals surface area (Å²) in [6, 6.07) is 10.9. The van der Waals surface area contributed by atoms with Crippen molar-refractivity contribution < 1.29 is 27.5 Å². The Kier molecular flexibility index (Phi) is 8.07. The van der Waals surface area contributed by atoms with Gasteiger partial charge in [0.15, 0.2) is 9.84 Å². The maximum atomic E-state index is 12.9. The number of carbonyl (C=O) groups excluding carboxylic acids is 2. The quantitative estimate of drug-likeness (QED) is 0.271. The zero-order valence-electron chi connectivity index (χ0n) is 22.1. The summed E-state index contributed by atoms with van der Waals surface area (Å²) in [6.45, 7) is 5.58. The maximum absolute atomic E-state index is 12.9. The summed E-state index contributed by atoms with van der Waals surface area (Å²) in [6.07, 6.45) is 4.71. The molecule has 204 valence electrons. The summed E-state index contributed by atoms with van der Waals surface area (Å²) in [5, 5.41) is 5.73. The molecule has 0 unspecified atom stereocenters. The van der Waals surface area contributed by atoms with Gasteiger partial charge in [-0.15, -0.1) is 11.3 Å². The molecule has 12 heteroatoms. The lowest BCUT2D eigenvalue weighted by Gasteiger charge is -2.11. The number of rotatable bonds is 8. The molecule has 4 rings (SSSR count). The van der Waals surface area contributed by atoms with Crippen LogP contribution in [-0.2, 0) is 14.6 Å². The minimum Gasteiger partial charge on any atom is -0.495 e. The van der Waals surface area contributed by atoms with Crippen LogP contribution in [0.2, 0.25) is 0 Å². The Hall–Kier alpha value is -4.16. The highest BCUT2D eigenvalue weighted by Gasteiger charge is 2.25. The van der Waals surface area contributed by atoms with Crippen LogP contribution in [0.4, 0.5) is 15.5 Å². The van der Waals surface area contributed by atoms with Crippen molar-refractivity contribution in [3.05, 3.63) is 71.8 Å². The topological polar surface area (TPSA) is 129 Å². The Morgan fingerprint density at radius 2 is 1.79 bits per heavy atom. The lowest BCUT2D eigenvalue weighted by Crippen LogP contribution is -2.20. The van der Waals surface area contributed by atoms with Crippen LogP contribution >= 0.6 is 11.3 Å². The molecular formula is C27H28N4O6S2. The van der Waals surface area contributed by atoms with E-state index in [1.807, 2.05) is 35.9 Å². The average Bonchev–Trinajstić information content (AvgIpc) is 3.46. The largest absolute Gasteiger partial charge is 0.495 e. The molecule has 0 atom stereocenters. The van der Waals surface area contributed by atoms with Gasteiger partial charge < -0.3 is 19.4 Å². The molecule has 0 saturated carbocycles. The number of aryl methyl sites for hydroxylation is 1. The normalized spacial score (nSPS) is 11.2. The fourth-order valence-electron chi connectivity index (χ4n) is 3.96. The number of aromatic nitrogens is 2. The summed E-state index contributed by atoms with van der Waals surface area (Å²) >= 11 is 1.24. The number of nitrogens with one attached hydrogen (secondary N) is 2. The van der Waals surface area contributed by atoms with E-state index in [1.54, 1.807) is 27.3 Å². The molecule has 0 bridgehead atoms. The van der Waals surface area contributed by atoms with Crippen molar-refractivity contribution in [3.8, 4) is 21.9 Å². The summed E-state index contributed by atoms with van der Waals surface area (Å²) in [7, 11) is -1.78. The molecule has 4 aromatic rings. The van der Waals surface area contributed by atoms with Crippen molar-refractivity contribution >= 4 is 43.9 Å². The highest BCUT2D eigenvalue weighted by molar-refractivity contribution is 7.90. The first-order valence-corrected chi connectivity index (χ1v) is 14.6. The van der Waals surface area contributed by atoms with Crippen molar-refractivity contribution in [1.82, 2.24) is 9.55 Å². The summed E-state index contributed by atoms with van der Waals surface area (Å²) < 4.78 is 36.2. The van der Waals surface area contributed by atoms with Gasteiger partial charge in [0, 0.05) is 23.0 Å². The highest BCUT2D eigenvalue weighted by Crippen LogP contribution is 2.42. The van der Waals surface area contributed by atoms with Crippen molar-refractivity contribution in [2.24, 2.45) is 0 Å². The number of ether oxygens (including phenoxy) is 2. The van der Waals surface area contributed by atoms with Crippen molar-refractivity contribution in [1.29, 1.82) is 0 Å². The van der Waals surface area contributed by atoms with Crippen LogP contribution in [0.5, 0.6) is 5.75 Å². The number of carbonyl (C=O) groups is 2. The van der Waals surface area contributed by atoms with Gasteiger partial charge in [0.05, 0.1) is 41.9 Å².